The molecule has 0 unspecified atom stereocenters. The van der Waals surface area contributed by atoms with Crippen molar-refractivity contribution in [3.63, 3.8) is 0 Å². The van der Waals surface area contributed by atoms with Gasteiger partial charge in [-0.05, 0) is 42.7 Å². The van der Waals surface area contributed by atoms with Gasteiger partial charge in [0.25, 0.3) is 0 Å². The molecule has 0 spiro atoms. The molecular formula is C25H28N2O5. The standard InChI is InChI=1S/C25H28N2O5/c1-30-20-9-6-17(7-10-20)21-5-3-2-4-12-26(21)25(29)18-13-24(28)27(15-18)19-8-11-22-23(14-19)32-16-31-22/h6-11,14,18,21H,2-5,12-13,15-16H2,1H3/t18-,21+/m0/s1. The Morgan fingerprint density at radius 3 is 2.66 bits per heavy atom. The Morgan fingerprint density at radius 1 is 1.03 bits per heavy atom. The summed E-state index contributed by atoms with van der Waals surface area (Å²) in [7, 11) is 1.65. The van der Waals surface area contributed by atoms with E-state index >= 15 is 0 Å². The first kappa shape index (κ1) is 20.7. The molecule has 2 atom stereocenters. The Balaban J connectivity index is 1.35. The van der Waals surface area contributed by atoms with E-state index in [0.29, 0.717) is 18.0 Å². The van der Waals surface area contributed by atoms with Crippen LogP contribution in [0.3, 0.4) is 0 Å². The summed E-state index contributed by atoms with van der Waals surface area (Å²) in [5, 5.41) is 0. The van der Waals surface area contributed by atoms with Crippen molar-refractivity contribution in [2.75, 3.05) is 31.9 Å². The summed E-state index contributed by atoms with van der Waals surface area (Å²) >= 11 is 0. The monoisotopic (exact) mass is 436 g/mol. The number of rotatable bonds is 4. The van der Waals surface area contributed by atoms with Crippen molar-refractivity contribution in [1.29, 1.82) is 0 Å². The van der Waals surface area contributed by atoms with E-state index < -0.39 is 0 Å². The second kappa shape index (κ2) is 8.73. The van der Waals surface area contributed by atoms with Gasteiger partial charge < -0.3 is 24.0 Å². The lowest BCUT2D eigenvalue weighted by molar-refractivity contribution is -0.138. The molecule has 7 heteroatoms. The lowest BCUT2D eigenvalue weighted by atomic mass is 9.98. The van der Waals surface area contributed by atoms with Gasteiger partial charge in [-0.25, -0.2) is 0 Å². The van der Waals surface area contributed by atoms with Gasteiger partial charge >= 0.3 is 0 Å². The summed E-state index contributed by atoms with van der Waals surface area (Å²) < 4.78 is 16.1. The molecule has 2 saturated heterocycles. The quantitative estimate of drug-likeness (QED) is 0.727. The number of carbonyl (C=O) groups excluding carboxylic acids is 2. The largest absolute Gasteiger partial charge is 0.497 e. The van der Waals surface area contributed by atoms with Crippen LogP contribution in [0.4, 0.5) is 5.69 Å². The lowest BCUT2D eigenvalue weighted by Gasteiger charge is -2.32. The summed E-state index contributed by atoms with van der Waals surface area (Å²) in [6, 6.07) is 13.5. The molecule has 5 rings (SSSR count). The van der Waals surface area contributed by atoms with Crippen molar-refractivity contribution in [2.24, 2.45) is 5.92 Å². The Kier molecular flexibility index (Phi) is 5.64. The van der Waals surface area contributed by atoms with E-state index in [2.05, 4.69) is 0 Å². The predicted molar refractivity (Wildman–Crippen MR) is 119 cm³/mol. The number of fused-ring (bicyclic) bond motifs is 1. The first-order valence-corrected chi connectivity index (χ1v) is 11.3. The Morgan fingerprint density at radius 2 is 1.84 bits per heavy atom. The average molecular weight is 437 g/mol. The van der Waals surface area contributed by atoms with Crippen LogP contribution in [0.15, 0.2) is 42.5 Å². The number of carbonyl (C=O) groups is 2. The van der Waals surface area contributed by atoms with Gasteiger partial charge in [0.2, 0.25) is 18.6 Å². The van der Waals surface area contributed by atoms with Crippen LogP contribution < -0.4 is 19.1 Å². The summed E-state index contributed by atoms with van der Waals surface area (Å²) in [5.41, 5.74) is 1.87. The smallest absolute Gasteiger partial charge is 0.231 e. The van der Waals surface area contributed by atoms with Crippen molar-refractivity contribution in [3.8, 4) is 17.2 Å². The molecule has 2 aromatic rings. The van der Waals surface area contributed by atoms with E-state index in [9.17, 15) is 9.59 Å². The zero-order chi connectivity index (χ0) is 22.1. The van der Waals surface area contributed by atoms with Crippen LogP contribution in [-0.2, 0) is 9.59 Å². The van der Waals surface area contributed by atoms with Crippen LogP contribution in [0, 0.1) is 5.92 Å². The van der Waals surface area contributed by atoms with Crippen LogP contribution >= 0.6 is 0 Å². The minimum Gasteiger partial charge on any atom is -0.497 e. The minimum absolute atomic E-state index is 0.0296. The first-order valence-electron chi connectivity index (χ1n) is 11.3. The van der Waals surface area contributed by atoms with Crippen LogP contribution in [0.1, 0.15) is 43.7 Å². The van der Waals surface area contributed by atoms with Crippen molar-refractivity contribution < 1.29 is 23.8 Å². The number of nitrogens with zero attached hydrogens (tertiary/aromatic N) is 2. The summed E-state index contributed by atoms with van der Waals surface area (Å²) in [6.45, 7) is 1.31. The maximum atomic E-state index is 13.6. The maximum absolute atomic E-state index is 13.6. The molecular weight excluding hydrogens is 408 g/mol. The van der Waals surface area contributed by atoms with E-state index in [1.165, 1.54) is 0 Å². The Labute approximate surface area is 187 Å². The first-order chi connectivity index (χ1) is 15.6. The number of amides is 2. The molecule has 168 valence electrons. The second-order valence-corrected chi connectivity index (χ2v) is 8.61. The second-order valence-electron chi connectivity index (χ2n) is 8.61. The molecule has 3 aliphatic heterocycles. The topological polar surface area (TPSA) is 68.3 Å². The van der Waals surface area contributed by atoms with Crippen LogP contribution in [-0.4, -0.2) is 43.7 Å². The number of hydrogen-bond donors (Lipinski definition) is 0. The van der Waals surface area contributed by atoms with E-state index in [1.54, 1.807) is 12.0 Å². The highest BCUT2D eigenvalue weighted by molar-refractivity contribution is 6.00. The van der Waals surface area contributed by atoms with Crippen molar-refractivity contribution in [1.82, 2.24) is 4.90 Å². The highest BCUT2D eigenvalue weighted by atomic mass is 16.7. The molecule has 32 heavy (non-hydrogen) atoms. The molecule has 0 aliphatic carbocycles. The van der Waals surface area contributed by atoms with Gasteiger partial charge in [-0.3, -0.25) is 9.59 Å². The molecule has 0 saturated carbocycles. The number of likely N-dealkylation sites (tertiary alicyclic amines) is 1. The van der Waals surface area contributed by atoms with Gasteiger partial charge in [-0.1, -0.05) is 25.0 Å². The molecule has 0 bridgehead atoms. The van der Waals surface area contributed by atoms with Crippen LogP contribution in [0.25, 0.3) is 0 Å². The Bertz CT molecular complexity index is 1010. The molecule has 0 aromatic heterocycles. The fourth-order valence-corrected chi connectivity index (χ4v) is 4.95. The summed E-state index contributed by atoms with van der Waals surface area (Å²) in [4.78, 5) is 30.2. The third-order valence-electron chi connectivity index (χ3n) is 6.68. The van der Waals surface area contributed by atoms with Gasteiger partial charge in [0, 0.05) is 31.3 Å². The number of hydrogen-bond acceptors (Lipinski definition) is 5. The number of ether oxygens (including phenoxy) is 3. The van der Waals surface area contributed by atoms with Gasteiger partial charge in [-0.15, -0.1) is 0 Å². The lowest BCUT2D eigenvalue weighted by Crippen LogP contribution is -2.40. The van der Waals surface area contributed by atoms with Crippen molar-refractivity contribution in [2.45, 2.75) is 38.1 Å². The zero-order valence-electron chi connectivity index (χ0n) is 18.3. The molecule has 7 nitrogen and oxygen atoms in total. The molecule has 0 N–H and O–H groups in total. The van der Waals surface area contributed by atoms with Gasteiger partial charge in [-0.2, -0.15) is 0 Å². The van der Waals surface area contributed by atoms with E-state index in [1.807, 2.05) is 47.4 Å². The van der Waals surface area contributed by atoms with E-state index in [-0.39, 0.29) is 37.0 Å². The fourth-order valence-electron chi connectivity index (χ4n) is 4.95. The third-order valence-corrected chi connectivity index (χ3v) is 6.68. The highest BCUT2D eigenvalue weighted by Gasteiger charge is 2.39. The summed E-state index contributed by atoms with van der Waals surface area (Å²) in [5.74, 6) is 1.83. The maximum Gasteiger partial charge on any atom is 0.231 e. The molecule has 0 radical (unpaired) electrons. The summed E-state index contributed by atoms with van der Waals surface area (Å²) in [6.07, 6.45) is 4.37. The van der Waals surface area contributed by atoms with Crippen LogP contribution in [0.2, 0.25) is 0 Å². The normalized spacial score (nSPS) is 22.7. The van der Waals surface area contributed by atoms with Crippen molar-refractivity contribution in [3.05, 3.63) is 48.0 Å². The SMILES string of the molecule is COc1ccc([C@H]2CCCCCN2C(=O)[C@H]2CC(=O)N(c3ccc4c(c3)OCO4)C2)cc1. The fraction of sp³-hybridized carbons (Fsp3) is 0.440. The van der Waals surface area contributed by atoms with Gasteiger partial charge in [0.1, 0.15) is 5.75 Å². The molecule has 2 aromatic carbocycles. The van der Waals surface area contributed by atoms with Gasteiger partial charge in [0.05, 0.1) is 19.1 Å². The third kappa shape index (κ3) is 3.87. The van der Waals surface area contributed by atoms with Crippen LogP contribution in [0.5, 0.6) is 17.2 Å². The van der Waals surface area contributed by atoms with E-state index in [0.717, 1.165) is 49.2 Å². The van der Waals surface area contributed by atoms with Gasteiger partial charge in [0.15, 0.2) is 11.5 Å². The average Bonchev–Trinajstić information content (AvgIpc) is 3.37. The minimum atomic E-state index is -0.341. The molecule has 3 heterocycles. The molecule has 3 aliphatic rings. The van der Waals surface area contributed by atoms with Crippen molar-refractivity contribution >= 4 is 17.5 Å². The highest BCUT2D eigenvalue weighted by Crippen LogP contribution is 2.38. The molecule has 2 amide bonds. The molecule has 2 fully saturated rings. The van der Waals surface area contributed by atoms with E-state index in [4.69, 9.17) is 14.2 Å². The number of benzene rings is 2. The number of anilines is 1. The number of methoxy groups -OCH3 is 1. The zero-order valence-corrected chi connectivity index (χ0v) is 18.3. The Hall–Kier alpha value is -3.22. The predicted octanol–water partition coefficient (Wildman–Crippen LogP) is 3.92.